The highest BCUT2D eigenvalue weighted by atomic mass is 16.5. The fraction of sp³-hybridized carbons (Fsp3) is 0.588. The Kier molecular flexibility index (Phi) is 5.61. The van der Waals surface area contributed by atoms with Crippen LogP contribution in [0, 0.1) is 5.92 Å². The molecule has 3 heteroatoms. The van der Waals surface area contributed by atoms with Crippen molar-refractivity contribution in [3.63, 3.8) is 0 Å². The van der Waals surface area contributed by atoms with Gasteiger partial charge >= 0.3 is 0 Å². The molecule has 1 N–H and O–H groups in total. The molecule has 0 aliphatic heterocycles. The van der Waals surface area contributed by atoms with Gasteiger partial charge in [0, 0.05) is 6.04 Å². The second kappa shape index (κ2) is 6.78. The Hall–Kier alpha value is -1.51. The van der Waals surface area contributed by atoms with Crippen LogP contribution >= 0.6 is 0 Å². The first-order chi connectivity index (χ1) is 9.20. The highest BCUT2D eigenvalue weighted by Gasteiger charge is 2.14. The summed E-state index contributed by atoms with van der Waals surface area (Å²) >= 11 is 0. The lowest BCUT2D eigenvalue weighted by molar-refractivity contribution is -0.124. The lowest BCUT2D eigenvalue weighted by Gasteiger charge is -2.19. The van der Waals surface area contributed by atoms with E-state index in [1.54, 1.807) is 0 Å². The van der Waals surface area contributed by atoms with E-state index in [0.717, 1.165) is 5.75 Å². The van der Waals surface area contributed by atoms with Crippen molar-refractivity contribution in [3.8, 4) is 5.75 Å². The first-order valence-corrected chi connectivity index (χ1v) is 7.23. The SMILES string of the molecule is CC(C)[C@@H](C)NC(=O)COc1ccc(C(C)(C)C)cc1. The maximum absolute atomic E-state index is 11.7. The van der Waals surface area contributed by atoms with Gasteiger partial charge in [-0.3, -0.25) is 4.79 Å². The zero-order valence-corrected chi connectivity index (χ0v) is 13.5. The summed E-state index contributed by atoms with van der Waals surface area (Å²) in [5, 5.41) is 2.92. The zero-order chi connectivity index (χ0) is 15.3. The van der Waals surface area contributed by atoms with Crippen LogP contribution in [-0.4, -0.2) is 18.6 Å². The van der Waals surface area contributed by atoms with E-state index < -0.39 is 0 Å². The van der Waals surface area contributed by atoms with Crippen LogP contribution in [0.15, 0.2) is 24.3 Å². The highest BCUT2D eigenvalue weighted by molar-refractivity contribution is 5.77. The molecule has 0 saturated heterocycles. The first kappa shape index (κ1) is 16.5. The molecule has 3 nitrogen and oxygen atoms in total. The summed E-state index contributed by atoms with van der Waals surface area (Å²) in [6.07, 6.45) is 0. The number of carbonyl (C=O) groups excluding carboxylic acids is 1. The predicted molar refractivity (Wildman–Crippen MR) is 83.1 cm³/mol. The van der Waals surface area contributed by atoms with E-state index in [-0.39, 0.29) is 24.0 Å². The van der Waals surface area contributed by atoms with Crippen molar-refractivity contribution in [2.75, 3.05) is 6.61 Å². The molecule has 0 bridgehead atoms. The van der Waals surface area contributed by atoms with E-state index in [0.29, 0.717) is 5.92 Å². The summed E-state index contributed by atoms with van der Waals surface area (Å²) in [6, 6.07) is 8.09. The van der Waals surface area contributed by atoms with Crippen LogP contribution in [0.4, 0.5) is 0 Å². The molecule has 0 spiro atoms. The van der Waals surface area contributed by atoms with Crippen LogP contribution in [0.2, 0.25) is 0 Å². The summed E-state index contributed by atoms with van der Waals surface area (Å²) in [7, 11) is 0. The van der Waals surface area contributed by atoms with Gasteiger partial charge in [-0.1, -0.05) is 46.8 Å². The predicted octanol–water partition coefficient (Wildman–Crippen LogP) is 3.52. The molecule has 0 aliphatic rings. The maximum Gasteiger partial charge on any atom is 0.258 e. The van der Waals surface area contributed by atoms with Crippen molar-refractivity contribution in [1.82, 2.24) is 5.32 Å². The topological polar surface area (TPSA) is 38.3 Å². The molecule has 0 aliphatic carbocycles. The molecule has 0 saturated carbocycles. The second-order valence-corrected chi connectivity index (χ2v) is 6.66. The average Bonchev–Trinajstić information content (AvgIpc) is 2.35. The minimum atomic E-state index is -0.0777. The molecular formula is C17H27NO2. The first-order valence-electron chi connectivity index (χ1n) is 7.23. The molecule has 0 fully saturated rings. The van der Waals surface area contributed by atoms with Gasteiger partial charge in [0.25, 0.3) is 5.91 Å². The van der Waals surface area contributed by atoms with E-state index in [1.165, 1.54) is 5.56 Å². The van der Waals surface area contributed by atoms with Gasteiger partial charge < -0.3 is 10.1 Å². The van der Waals surface area contributed by atoms with Crippen molar-refractivity contribution in [2.45, 2.75) is 53.0 Å². The Morgan fingerprint density at radius 2 is 1.70 bits per heavy atom. The van der Waals surface area contributed by atoms with E-state index >= 15 is 0 Å². The molecule has 1 aromatic carbocycles. The van der Waals surface area contributed by atoms with Gasteiger partial charge in [-0.05, 0) is 36.0 Å². The molecule has 0 radical (unpaired) electrons. The number of benzene rings is 1. The summed E-state index contributed by atoms with van der Waals surface area (Å²) in [6.45, 7) is 12.7. The Balaban J connectivity index is 2.48. The van der Waals surface area contributed by atoms with Gasteiger partial charge in [0.1, 0.15) is 5.75 Å². The minimum Gasteiger partial charge on any atom is -0.484 e. The van der Waals surface area contributed by atoms with E-state index in [2.05, 4.69) is 39.9 Å². The standard InChI is InChI=1S/C17H27NO2/c1-12(2)13(3)18-16(19)11-20-15-9-7-14(8-10-15)17(4,5)6/h7-10,12-13H,11H2,1-6H3,(H,18,19)/t13-/m1/s1. The van der Waals surface area contributed by atoms with E-state index in [1.807, 2.05) is 31.2 Å². The Labute approximate surface area is 122 Å². The number of hydrogen-bond acceptors (Lipinski definition) is 2. The van der Waals surface area contributed by atoms with Crippen LogP contribution in [0.5, 0.6) is 5.75 Å². The monoisotopic (exact) mass is 277 g/mol. The normalized spacial score (nSPS) is 13.2. The molecule has 0 heterocycles. The Morgan fingerprint density at radius 3 is 2.15 bits per heavy atom. The van der Waals surface area contributed by atoms with Crippen LogP contribution in [0.1, 0.15) is 47.1 Å². The number of rotatable bonds is 5. The molecule has 1 atom stereocenters. The summed E-state index contributed by atoms with van der Waals surface area (Å²) in [5.41, 5.74) is 1.38. The van der Waals surface area contributed by atoms with Gasteiger partial charge in [0.05, 0.1) is 0 Å². The lowest BCUT2D eigenvalue weighted by atomic mass is 9.87. The number of nitrogens with one attached hydrogen (secondary N) is 1. The number of amides is 1. The van der Waals surface area contributed by atoms with Crippen molar-refractivity contribution in [1.29, 1.82) is 0 Å². The maximum atomic E-state index is 11.7. The summed E-state index contributed by atoms with van der Waals surface area (Å²) < 4.78 is 5.50. The van der Waals surface area contributed by atoms with Crippen LogP contribution < -0.4 is 10.1 Å². The molecule has 112 valence electrons. The van der Waals surface area contributed by atoms with Crippen LogP contribution in [-0.2, 0) is 10.2 Å². The van der Waals surface area contributed by atoms with E-state index in [4.69, 9.17) is 4.74 Å². The smallest absolute Gasteiger partial charge is 0.258 e. The summed E-state index contributed by atoms with van der Waals surface area (Å²) in [5.74, 6) is 1.07. The number of carbonyl (C=O) groups is 1. The van der Waals surface area contributed by atoms with Crippen molar-refractivity contribution < 1.29 is 9.53 Å². The summed E-state index contributed by atoms with van der Waals surface area (Å²) in [4.78, 5) is 11.7. The molecule has 20 heavy (non-hydrogen) atoms. The van der Waals surface area contributed by atoms with E-state index in [9.17, 15) is 4.79 Å². The molecule has 1 rings (SSSR count). The molecule has 0 aromatic heterocycles. The molecular weight excluding hydrogens is 250 g/mol. The third kappa shape index (κ3) is 5.24. The van der Waals surface area contributed by atoms with Crippen LogP contribution in [0.3, 0.4) is 0 Å². The quantitative estimate of drug-likeness (QED) is 0.894. The van der Waals surface area contributed by atoms with Crippen molar-refractivity contribution in [3.05, 3.63) is 29.8 Å². The van der Waals surface area contributed by atoms with Gasteiger partial charge in [-0.2, -0.15) is 0 Å². The third-order valence-corrected chi connectivity index (χ3v) is 3.48. The Bertz CT molecular complexity index is 429. The molecule has 1 aromatic rings. The zero-order valence-electron chi connectivity index (χ0n) is 13.5. The average molecular weight is 277 g/mol. The third-order valence-electron chi connectivity index (χ3n) is 3.48. The largest absolute Gasteiger partial charge is 0.484 e. The van der Waals surface area contributed by atoms with Gasteiger partial charge in [-0.15, -0.1) is 0 Å². The van der Waals surface area contributed by atoms with Crippen molar-refractivity contribution in [2.24, 2.45) is 5.92 Å². The Morgan fingerprint density at radius 1 is 1.15 bits per heavy atom. The fourth-order valence-corrected chi connectivity index (χ4v) is 1.66. The second-order valence-electron chi connectivity index (χ2n) is 6.66. The molecule has 0 unspecified atom stereocenters. The number of ether oxygens (including phenoxy) is 1. The van der Waals surface area contributed by atoms with Crippen molar-refractivity contribution >= 4 is 5.91 Å². The van der Waals surface area contributed by atoms with Gasteiger partial charge in [0.2, 0.25) is 0 Å². The molecule has 1 amide bonds. The van der Waals surface area contributed by atoms with Crippen LogP contribution in [0.25, 0.3) is 0 Å². The fourth-order valence-electron chi connectivity index (χ4n) is 1.66. The minimum absolute atomic E-state index is 0.0614. The van der Waals surface area contributed by atoms with Gasteiger partial charge in [-0.25, -0.2) is 0 Å². The highest BCUT2D eigenvalue weighted by Crippen LogP contribution is 2.24. The van der Waals surface area contributed by atoms with Gasteiger partial charge in [0.15, 0.2) is 6.61 Å². The lowest BCUT2D eigenvalue weighted by Crippen LogP contribution is -2.38. The number of hydrogen-bond donors (Lipinski definition) is 1.